The van der Waals surface area contributed by atoms with Gasteiger partial charge in [-0.1, -0.05) is 0 Å². The smallest absolute Gasteiger partial charge is 0.259 e. The minimum absolute atomic E-state index is 0.00126. The highest BCUT2D eigenvalue weighted by molar-refractivity contribution is 7.15. The van der Waals surface area contributed by atoms with Crippen molar-refractivity contribution in [3.8, 4) is 0 Å². The molecule has 2 aromatic rings. The number of hydrogen-bond acceptors (Lipinski definition) is 6. The number of thiazole rings is 1. The number of piperidine rings is 1. The molecule has 2 aliphatic heterocycles. The van der Waals surface area contributed by atoms with Gasteiger partial charge in [0.2, 0.25) is 5.91 Å². The topological polar surface area (TPSA) is 61.2 Å². The molecule has 2 saturated heterocycles. The van der Waals surface area contributed by atoms with Crippen LogP contribution in [0.2, 0.25) is 0 Å². The summed E-state index contributed by atoms with van der Waals surface area (Å²) >= 11 is 1.51. The summed E-state index contributed by atoms with van der Waals surface area (Å²) in [5.74, 6) is 0.272. The van der Waals surface area contributed by atoms with Crippen LogP contribution < -0.4 is 5.56 Å². The molecule has 0 spiro atoms. The molecule has 0 radical (unpaired) electrons. The summed E-state index contributed by atoms with van der Waals surface area (Å²) in [5, 5.41) is 1.96. The van der Waals surface area contributed by atoms with E-state index >= 15 is 0 Å². The van der Waals surface area contributed by atoms with Gasteiger partial charge in [-0.15, -0.1) is 11.3 Å². The van der Waals surface area contributed by atoms with Gasteiger partial charge < -0.3 is 4.90 Å². The van der Waals surface area contributed by atoms with Gasteiger partial charge in [-0.05, 0) is 33.1 Å². The molecule has 1 amide bonds. The lowest BCUT2D eigenvalue weighted by atomic mass is 10.0. The number of carbonyl (C=O) groups is 1. The molecule has 0 aromatic carbocycles. The third-order valence-electron chi connectivity index (χ3n) is 5.96. The van der Waals surface area contributed by atoms with E-state index in [0.717, 1.165) is 61.9 Å². The average Bonchev–Trinajstić information content (AvgIpc) is 3.05. The van der Waals surface area contributed by atoms with Crippen molar-refractivity contribution in [3.05, 3.63) is 33.2 Å². The third kappa shape index (κ3) is 4.14. The van der Waals surface area contributed by atoms with Gasteiger partial charge >= 0.3 is 0 Å². The van der Waals surface area contributed by atoms with Crippen LogP contribution in [0.1, 0.15) is 37.6 Å². The number of aromatic nitrogens is 2. The molecule has 4 heterocycles. The molecule has 0 saturated carbocycles. The molecule has 0 unspecified atom stereocenters. The SMILES string of the molecule is Cc1csc2nc(CN3CCN(CC(=O)N4CCCC[C@@H]4C)CC3)cc(=O)n12. The van der Waals surface area contributed by atoms with Crippen molar-refractivity contribution < 1.29 is 4.79 Å². The van der Waals surface area contributed by atoms with Gasteiger partial charge in [0, 0.05) is 62.5 Å². The van der Waals surface area contributed by atoms with Crippen LogP contribution in [-0.4, -0.2) is 75.3 Å². The molecule has 152 valence electrons. The van der Waals surface area contributed by atoms with Gasteiger partial charge in [-0.25, -0.2) is 4.98 Å². The van der Waals surface area contributed by atoms with Crippen molar-refractivity contribution in [1.29, 1.82) is 0 Å². The minimum atomic E-state index is -0.00126. The number of likely N-dealkylation sites (tertiary alicyclic amines) is 1. The quantitative estimate of drug-likeness (QED) is 0.776. The fourth-order valence-corrected chi connectivity index (χ4v) is 5.16. The number of rotatable bonds is 4. The van der Waals surface area contributed by atoms with Crippen molar-refractivity contribution in [1.82, 2.24) is 24.1 Å². The van der Waals surface area contributed by atoms with Gasteiger partial charge in [-0.2, -0.15) is 0 Å². The lowest BCUT2D eigenvalue weighted by Gasteiger charge is -2.38. The summed E-state index contributed by atoms with van der Waals surface area (Å²) in [6.45, 7) is 9.77. The summed E-state index contributed by atoms with van der Waals surface area (Å²) in [6.07, 6.45) is 3.49. The first-order chi connectivity index (χ1) is 13.5. The van der Waals surface area contributed by atoms with E-state index in [2.05, 4.69) is 26.6 Å². The van der Waals surface area contributed by atoms with Gasteiger partial charge in [0.25, 0.3) is 5.56 Å². The fourth-order valence-electron chi connectivity index (χ4n) is 4.27. The van der Waals surface area contributed by atoms with Gasteiger partial charge in [0.1, 0.15) is 0 Å². The van der Waals surface area contributed by atoms with Crippen molar-refractivity contribution in [2.75, 3.05) is 39.3 Å². The Bertz CT molecular complexity index is 900. The number of carbonyl (C=O) groups excluding carboxylic acids is 1. The molecular formula is C20H29N5O2S. The molecule has 7 nitrogen and oxygen atoms in total. The number of amides is 1. The molecule has 4 rings (SSSR count). The Morgan fingerprint density at radius 3 is 2.68 bits per heavy atom. The van der Waals surface area contributed by atoms with Gasteiger partial charge in [-0.3, -0.25) is 23.8 Å². The Hall–Kier alpha value is -1.77. The van der Waals surface area contributed by atoms with E-state index in [4.69, 9.17) is 0 Å². The summed E-state index contributed by atoms with van der Waals surface area (Å²) in [5.41, 5.74) is 1.77. The number of hydrogen-bond donors (Lipinski definition) is 0. The Morgan fingerprint density at radius 2 is 1.93 bits per heavy atom. The van der Waals surface area contributed by atoms with Crippen molar-refractivity contribution >= 4 is 22.2 Å². The van der Waals surface area contributed by atoms with E-state index in [1.54, 1.807) is 10.5 Å². The molecule has 2 fully saturated rings. The molecule has 28 heavy (non-hydrogen) atoms. The van der Waals surface area contributed by atoms with Crippen LogP contribution in [0.3, 0.4) is 0 Å². The minimum Gasteiger partial charge on any atom is -0.339 e. The Labute approximate surface area is 169 Å². The largest absolute Gasteiger partial charge is 0.339 e. The highest BCUT2D eigenvalue weighted by Gasteiger charge is 2.26. The first-order valence-corrected chi connectivity index (χ1v) is 11.1. The average molecular weight is 404 g/mol. The van der Waals surface area contributed by atoms with Crippen LogP contribution in [0.15, 0.2) is 16.2 Å². The zero-order valence-electron chi connectivity index (χ0n) is 16.8. The molecule has 1 atom stereocenters. The second-order valence-electron chi connectivity index (χ2n) is 8.07. The molecule has 0 N–H and O–H groups in total. The maximum Gasteiger partial charge on any atom is 0.259 e. The standard InChI is InChI=1S/C20H29N5O2S/c1-15-5-3-4-6-24(15)19(27)13-23-9-7-22(8-10-23)12-17-11-18(26)25-16(2)14-28-20(25)21-17/h11,14-15H,3-10,12-13H2,1-2H3/t15-/m0/s1. The van der Waals surface area contributed by atoms with Crippen LogP contribution >= 0.6 is 11.3 Å². The lowest BCUT2D eigenvalue weighted by Crippen LogP contribution is -2.51. The maximum atomic E-state index is 12.6. The highest BCUT2D eigenvalue weighted by Crippen LogP contribution is 2.17. The molecule has 8 heteroatoms. The van der Waals surface area contributed by atoms with Crippen LogP contribution in [0.25, 0.3) is 4.96 Å². The third-order valence-corrected chi connectivity index (χ3v) is 6.90. The predicted octanol–water partition coefficient (Wildman–Crippen LogP) is 1.58. The second kappa shape index (κ2) is 8.31. The Morgan fingerprint density at radius 1 is 1.18 bits per heavy atom. The monoisotopic (exact) mass is 403 g/mol. The Balaban J connectivity index is 1.31. The van der Waals surface area contributed by atoms with Crippen LogP contribution in [-0.2, 0) is 11.3 Å². The molecule has 0 bridgehead atoms. The molecule has 2 aliphatic rings. The summed E-state index contributed by atoms with van der Waals surface area (Å²) < 4.78 is 1.67. The normalized spacial score (nSPS) is 22.1. The summed E-state index contributed by atoms with van der Waals surface area (Å²) in [7, 11) is 0. The van der Waals surface area contributed by atoms with E-state index < -0.39 is 0 Å². The van der Waals surface area contributed by atoms with Gasteiger partial charge in [0.15, 0.2) is 4.96 Å². The maximum absolute atomic E-state index is 12.6. The van der Waals surface area contributed by atoms with Crippen LogP contribution in [0.5, 0.6) is 0 Å². The number of aryl methyl sites for hydroxylation is 1. The second-order valence-corrected chi connectivity index (χ2v) is 8.90. The molecule has 0 aliphatic carbocycles. The fraction of sp³-hybridized carbons (Fsp3) is 0.650. The van der Waals surface area contributed by atoms with Crippen LogP contribution in [0.4, 0.5) is 0 Å². The Kier molecular flexibility index (Phi) is 5.80. The van der Waals surface area contributed by atoms with Crippen LogP contribution in [0, 0.1) is 6.92 Å². The number of piperazine rings is 1. The molecule has 2 aromatic heterocycles. The van der Waals surface area contributed by atoms with E-state index in [9.17, 15) is 9.59 Å². The number of fused-ring (bicyclic) bond motifs is 1. The van der Waals surface area contributed by atoms with Gasteiger partial charge in [0.05, 0.1) is 12.2 Å². The van der Waals surface area contributed by atoms with E-state index in [0.29, 0.717) is 19.1 Å². The summed E-state index contributed by atoms with van der Waals surface area (Å²) in [4.78, 5) is 37.0. The summed E-state index contributed by atoms with van der Waals surface area (Å²) in [6, 6.07) is 2.03. The zero-order valence-corrected chi connectivity index (χ0v) is 17.6. The van der Waals surface area contributed by atoms with E-state index in [-0.39, 0.29) is 11.5 Å². The first-order valence-electron chi connectivity index (χ1n) is 10.2. The lowest BCUT2D eigenvalue weighted by molar-refractivity contribution is -0.136. The van der Waals surface area contributed by atoms with E-state index in [1.807, 2.05) is 12.3 Å². The molecular weight excluding hydrogens is 374 g/mol. The van der Waals surface area contributed by atoms with Crippen molar-refractivity contribution in [3.63, 3.8) is 0 Å². The van der Waals surface area contributed by atoms with E-state index in [1.165, 1.54) is 17.8 Å². The zero-order chi connectivity index (χ0) is 19.7. The van der Waals surface area contributed by atoms with Crippen molar-refractivity contribution in [2.24, 2.45) is 0 Å². The highest BCUT2D eigenvalue weighted by atomic mass is 32.1. The first kappa shape index (κ1) is 19.5. The number of nitrogens with zero attached hydrogens (tertiary/aromatic N) is 5. The van der Waals surface area contributed by atoms with Crippen molar-refractivity contribution in [2.45, 2.75) is 45.7 Å². The predicted molar refractivity (Wildman–Crippen MR) is 111 cm³/mol.